The van der Waals surface area contributed by atoms with E-state index in [1.54, 1.807) is 6.07 Å². The standard InChI is InChI=1S/C16H14N2O6/c1-21-11-6-10(7-12(22-2)14(11)23-3)16(20)24-13-5-4-9(8-17)15(19)18-13/h4-7H,1-3H3,(H,18,19). The van der Waals surface area contributed by atoms with Crippen LogP contribution in [0.25, 0.3) is 0 Å². The third-order valence-corrected chi connectivity index (χ3v) is 3.07. The molecule has 0 radical (unpaired) electrons. The van der Waals surface area contributed by atoms with Crippen molar-refractivity contribution in [3.05, 3.63) is 35.4 Å². The molecule has 0 aliphatic heterocycles. The van der Waals surface area contributed by atoms with Gasteiger partial charge in [0, 0.05) is 6.07 Å². The summed E-state index contributed by atoms with van der Waals surface area (Å²) in [5, 5.41) is 18.3. The number of pyridine rings is 1. The van der Waals surface area contributed by atoms with Crippen LogP contribution in [0.4, 0.5) is 0 Å². The Morgan fingerprint density at radius 1 is 1.12 bits per heavy atom. The van der Waals surface area contributed by atoms with Gasteiger partial charge in [0.05, 0.1) is 26.9 Å². The van der Waals surface area contributed by atoms with Gasteiger partial charge in [0.25, 0.3) is 0 Å². The molecule has 2 aromatic rings. The summed E-state index contributed by atoms with van der Waals surface area (Å²) >= 11 is 0. The van der Waals surface area contributed by atoms with Gasteiger partial charge in [-0.3, -0.25) is 0 Å². The van der Waals surface area contributed by atoms with E-state index >= 15 is 0 Å². The van der Waals surface area contributed by atoms with Crippen molar-refractivity contribution in [1.82, 2.24) is 4.98 Å². The topological polar surface area (TPSA) is 111 Å². The molecule has 0 fully saturated rings. The Morgan fingerprint density at radius 2 is 1.75 bits per heavy atom. The van der Waals surface area contributed by atoms with Crippen molar-refractivity contribution in [3.8, 4) is 35.1 Å². The maximum atomic E-state index is 12.3. The molecule has 1 N–H and O–H groups in total. The van der Waals surface area contributed by atoms with Gasteiger partial charge in [0.1, 0.15) is 11.6 Å². The highest BCUT2D eigenvalue weighted by atomic mass is 16.5. The van der Waals surface area contributed by atoms with Gasteiger partial charge in [0.2, 0.25) is 17.5 Å². The average molecular weight is 330 g/mol. The third kappa shape index (κ3) is 3.30. The van der Waals surface area contributed by atoms with Crippen molar-refractivity contribution in [3.63, 3.8) is 0 Å². The molecule has 0 aliphatic rings. The van der Waals surface area contributed by atoms with Crippen molar-refractivity contribution in [2.24, 2.45) is 0 Å². The molecule has 1 aromatic heterocycles. The molecule has 0 unspecified atom stereocenters. The molecule has 124 valence electrons. The van der Waals surface area contributed by atoms with Crippen LogP contribution in [-0.2, 0) is 0 Å². The quantitative estimate of drug-likeness (QED) is 0.828. The monoisotopic (exact) mass is 330 g/mol. The predicted molar refractivity (Wildman–Crippen MR) is 81.7 cm³/mol. The van der Waals surface area contributed by atoms with Gasteiger partial charge < -0.3 is 24.1 Å². The van der Waals surface area contributed by atoms with Crippen molar-refractivity contribution in [2.75, 3.05) is 21.3 Å². The van der Waals surface area contributed by atoms with E-state index in [9.17, 15) is 9.90 Å². The number of benzene rings is 1. The number of nitriles is 1. The first-order chi connectivity index (χ1) is 11.5. The number of aromatic nitrogens is 1. The van der Waals surface area contributed by atoms with Gasteiger partial charge in [-0.25, -0.2) is 4.79 Å². The maximum Gasteiger partial charge on any atom is 0.345 e. The second-order valence-corrected chi connectivity index (χ2v) is 4.44. The lowest BCUT2D eigenvalue weighted by molar-refractivity contribution is 0.0726. The van der Waals surface area contributed by atoms with Gasteiger partial charge >= 0.3 is 5.97 Å². The molecule has 0 saturated heterocycles. The molecular weight excluding hydrogens is 316 g/mol. The molecule has 8 heteroatoms. The number of hydrogen-bond acceptors (Lipinski definition) is 8. The first kappa shape index (κ1) is 16.9. The van der Waals surface area contributed by atoms with E-state index in [2.05, 4.69) is 4.98 Å². The SMILES string of the molecule is COc1cc(C(=O)Oc2ccc(C#N)c(O)n2)cc(OC)c1OC. The van der Waals surface area contributed by atoms with Crippen LogP contribution in [0.3, 0.4) is 0 Å². The molecule has 1 aromatic carbocycles. The molecule has 0 atom stereocenters. The van der Waals surface area contributed by atoms with Crippen LogP contribution in [0.1, 0.15) is 15.9 Å². The largest absolute Gasteiger partial charge is 0.493 e. The Bertz CT molecular complexity index is 788. The lowest BCUT2D eigenvalue weighted by Crippen LogP contribution is -2.10. The van der Waals surface area contributed by atoms with E-state index in [0.717, 1.165) is 0 Å². The molecule has 2 rings (SSSR count). The molecule has 0 saturated carbocycles. The van der Waals surface area contributed by atoms with Gasteiger partial charge in [0.15, 0.2) is 11.5 Å². The fraction of sp³-hybridized carbons (Fsp3) is 0.188. The van der Waals surface area contributed by atoms with E-state index in [4.69, 9.17) is 24.2 Å². The minimum atomic E-state index is -0.745. The van der Waals surface area contributed by atoms with Gasteiger partial charge in [-0.2, -0.15) is 10.2 Å². The highest BCUT2D eigenvalue weighted by Crippen LogP contribution is 2.38. The molecular formula is C16H14N2O6. The molecule has 1 heterocycles. The minimum Gasteiger partial charge on any atom is -0.493 e. The van der Waals surface area contributed by atoms with Crippen LogP contribution in [0.15, 0.2) is 24.3 Å². The predicted octanol–water partition coefficient (Wildman–Crippen LogP) is 1.90. The van der Waals surface area contributed by atoms with Crippen LogP contribution in [0.2, 0.25) is 0 Å². The Labute approximate surface area is 137 Å². The summed E-state index contributed by atoms with van der Waals surface area (Å²) in [5.74, 6) is -0.492. The van der Waals surface area contributed by atoms with E-state index < -0.39 is 11.8 Å². The van der Waals surface area contributed by atoms with Crippen LogP contribution >= 0.6 is 0 Å². The van der Waals surface area contributed by atoms with Gasteiger partial charge in [-0.1, -0.05) is 0 Å². The van der Waals surface area contributed by atoms with Crippen LogP contribution < -0.4 is 18.9 Å². The minimum absolute atomic E-state index is 0.0254. The smallest absolute Gasteiger partial charge is 0.345 e. The molecule has 0 bridgehead atoms. The van der Waals surface area contributed by atoms with Crippen molar-refractivity contribution in [1.29, 1.82) is 5.26 Å². The zero-order valence-corrected chi connectivity index (χ0v) is 13.2. The second-order valence-electron chi connectivity index (χ2n) is 4.44. The molecule has 0 aliphatic carbocycles. The summed E-state index contributed by atoms with van der Waals surface area (Å²) in [6, 6.07) is 7.19. The Kier molecular flexibility index (Phi) is 5.06. The second kappa shape index (κ2) is 7.19. The zero-order valence-electron chi connectivity index (χ0n) is 13.2. The van der Waals surface area contributed by atoms with E-state index in [-0.39, 0.29) is 17.0 Å². The lowest BCUT2D eigenvalue weighted by atomic mass is 10.2. The number of nitrogens with zero attached hydrogens (tertiary/aromatic N) is 2. The summed E-state index contributed by atoms with van der Waals surface area (Å²) < 4.78 is 20.6. The Hall–Kier alpha value is -3.47. The normalized spacial score (nSPS) is 9.75. The number of hydrogen-bond donors (Lipinski definition) is 1. The number of carbonyl (C=O) groups excluding carboxylic acids is 1. The summed E-state index contributed by atoms with van der Waals surface area (Å²) in [6.07, 6.45) is 0. The number of aromatic hydroxyl groups is 1. The average Bonchev–Trinajstić information content (AvgIpc) is 2.60. The van der Waals surface area contributed by atoms with Crippen molar-refractivity contribution < 1.29 is 28.8 Å². The van der Waals surface area contributed by atoms with Gasteiger partial charge in [-0.05, 0) is 18.2 Å². The molecule has 24 heavy (non-hydrogen) atoms. The Balaban J connectivity index is 2.33. The van der Waals surface area contributed by atoms with Crippen LogP contribution in [0, 0.1) is 11.3 Å². The number of methoxy groups -OCH3 is 3. The van der Waals surface area contributed by atoms with Crippen LogP contribution in [-0.4, -0.2) is 37.4 Å². The summed E-state index contributed by atoms with van der Waals surface area (Å²) in [4.78, 5) is 15.9. The highest BCUT2D eigenvalue weighted by Gasteiger charge is 2.19. The maximum absolute atomic E-state index is 12.3. The fourth-order valence-electron chi connectivity index (χ4n) is 1.93. The summed E-state index contributed by atoms with van der Waals surface area (Å²) in [6.45, 7) is 0. The fourth-order valence-corrected chi connectivity index (χ4v) is 1.93. The molecule has 8 nitrogen and oxygen atoms in total. The first-order valence-electron chi connectivity index (χ1n) is 6.66. The van der Waals surface area contributed by atoms with Gasteiger partial charge in [-0.15, -0.1) is 0 Å². The third-order valence-electron chi connectivity index (χ3n) is 3.07. The van der Waals surface area contributed by atoms with Crippen molar-refractivity contribution >= 4 is 5.97 Å². The number of rotatable bonds is 5. The molecule has 0 spiro atoms. The number of esters is 1. The van der Waals surface area contributed by atoms with Crippen LogP contribution in [0.5, 0.6) is 29.0 Å². The zero-order chi connectivity index (χ0) is 17.7. The number of carbonyl (C=O) groups is 1. The first-order valence-corrected chi connectivity index (χ1v) is 6.66. The lowest BCUT2D eigenvalue weighted by Gasteiger charge is -2.13. The van der Waals surface area contributed by atoms with E-state index in [0.29, 0.717) is 17.2 Å². The van der Waals surface area contributed by atoms with Crippen molar-refractivity contribution in [2.45, 2.75) is 0 Å². The molecule has 0 amide bonds. The number of ether oxygens (including phenoxy) is 4. The highest BCUT2D eigenvalue weighted by molar-refractivity contribution is 5.92. The van der Waals surface area contributed by atoms with E-state index in [1.165, 1.54) is 45.6 Å². The van der Waals surface area contributed by atoms with E-state index in [1.807, 2.05) is 0 Å². The summed E-state index contributed by atoms with van der Waals surface area (Å²) in [7, 11) is 4.29. The Morgan fingerprint density at radius 3 is 2.21 bits per heavy atom. The summed E-state index contributed by atoms with van der Waals surface area (Å²) in [5.41, 5.74) is 0.109.